The van der Waals surface area contributed by atoms with E-state index in [1.54, 1.807) is 0 Å². The summed E-state index contributed by atoms with van der Waals surface area (Å²) in [6.45, 7) is 8.71. The molecule has 0 aliphatic carbocycles. The molecule has 2 atom stereocenters. The third-order valence-corrected chi connectivity index (χ3v) is 3.29. The van der Waals surface area contributed by atoms with E-state index in [0.717, 1.165) is 19.6 Å². The van der Waals surface area contributed by atoms with Crippen LogP contribution in [0.4, 0.5) is 0 Å². The van der Waals surface area contributed by atoms with Gasteiger partial charge < -0.3 is 15.5 Å². The first-order valence-electron chi connectivity index (χ1n) is 6.34. The summed E-state index contributed by atoms with van der Waals surface area (Å²) in [6, 6.07) is -0.168. The highest BCUT2D eigenvalue weighted by Crippen LogP contribution is 2.14. The van der Waals surface area contributed by atoms with Crippen molar-refractivity contribution in [3.8, 4) is 12.3 Å². The summed E-state index contributed by atoms with van der Waals surface area (Å²) < 4.78 is 0. The van der Waals surface area contributed by atoms with E-state index in [9.17, 15) is 4.79 Å². The van der Waals surface area contributed by atoms with Crippen molar-refractivity contribution in [3.05, 3.63) is 0 Å². The number of carbonyl (C=O) groups excluding carboxylic acids is 1. The van der Waals surface area contributed by atoms with Crippen LogP contribution in [0.1, 0.15) is 20.3 Å². The Kier molecular flexibility index (Phi) is 6.03. The van der Waals surface area contributed by atoms with Gasteiger partial charge in [-0.05, 0) is 38.9 Å². The monoisotopic (exact) mass is 237 g/mol. The zero-order valence-electron chi connectivity index (χ0n) is 10.8. The summed E-state index contributed by atoms with van der Waals surface area (Å²) in [4.78, 5) is 14.0. The van der Waals surface area contributed by atoms with E-state index in [1.807, 2.05) is 6.92 Å². The lowest BCUT2D eigenvalue weighted by Crippen LogP contribution is -2.44. The standard InChI is InChI=1S/C13H23N3O/c1-4-7-14-13(17)11(3)15-9-12-6-8-16(5-2)10-12/h1,11-12,15H,5-10H2,2-3H3,(H,14,17). The predicted molar refractivity (Wildman–Crippen MR) is 69.5 cm³/mol. The smallest absolute Gasteiger partial charge is 0.237 e. The summed E-state index contributed by atoms with van der Waals surface area (Å²) in [5, 5.41) is 5.95. The first-order chi connectivity index (χ1) is 8.17. The van der Waals surface area contributed by atoms with Crippen LogP contribution in [0.3, 0.4) is 0 Å². The molecular formula is C13H23N3O. The van der Waals surface area contributed by atoms with Crippen LogP contribution in [0.15, 0.2) is 0 Å². The van der Waals surface area contributed by atoms with Gasteiger partial charge in [0.1, 0.15) is 0 Å². The number of carbonyl (C=O) groups is 1. The minimum atomic E-state index is -0.168. The van der Waals surface area contributed by atoms with Gasteiger partial charge >= 0.3 is 0 Å². The quantitative estimate of drug-likeness (QED) is 0.642. The molecule has 0 aromatic heterocycles. The van der Waals surface area contributed by atoms with E-state index >= 15 is 0 Å². The molecule has 96 valence electrons. The Bertz CT molecular complexity index is 285. The van der Waals surface area contributed by atoms with E-state index in [-0.39, 0.29) is 11.9 Å². The highest BCUT2D eigenvalue weighted by molar-refractivity contribution is 5.81. The van der Waals surface area contributed by atoms with Crippen molar-refractivity contribution in [3.63, 3.8) is 0 Å². The molecule has 2 N–H and O–H groups in total. The number of nitrogens with one attached hydrogen (secondary N) is 2. The van der Waals surface area contributed by atoms with Gasteiger partial charge in [-0.25, -0.2) is 0 Å². The summed E-state index contributed by atoms with van der Waals surface area (Å²) in [7, 11) is 0. The highest BCUT2D eigenvalue weighted by Gasteiger charge is 2.22. The molecule has 1 rings (SSSR count). The molecule has 1 heterocycles. The van der Waals surface area contributed by atoms with Crippen molar-refractivity contribution in [1.29, 1.82) is 0 Å². The van der Waals surface area contributed by atoms with Gasteiger partial charge in [0.05, 0.1) is 12.6 Å². The first-order valence-corrected chi connectivity index (χ1v) is 6.34. The van der Waals surface area contributed by atoms with E-state index in [2.05, 4.69) is 28.4 Å². The SMILES string of the molecule is C#CCNC(=O)C(C)NCC1CCN(CC)C1. The Morgan fingerprint density at radius 2 is 2.41 bits per heavy atom. The van der Waals surface area contributed by atoms with Gasteiger partial charge in [0.15, 0.2) is 0 Å². The molecule has 0 bridgehead atoms. The Labute approximate surface area is 104 Å². The first kappa shape index (κ1) is 14.0. The largest absolute Gasteiger partial charge is 0.344 e. The zero-order valence-corrected chi connectivity index (χ0v) is 10.8. The highest BCUT2D eigenvalue weighted by atomic mass is 16.2. The molecule has 0 aromatic carbocycles. The second-order valence-corrected chi connectivity index (χ2v) is 4.60. The summed E-state index contributed by atoms with van der Waals surface area (Å²) in [5.74, 6) is 3.04. The molecule has 0 aromatic rings. The average molecular weight is 237 g/mol. The van der Waals surface area contributed by atoms with Crippen molar-refractivity contribution in [2.45, 2.75) is 26.3 Å². The summed E-state index contributed by atoms with van der Waals surface area (Å²) in [6.07, 6.45) is 6.31. The van der Waals surface area contributed by atoms with Crippen molar-refractivity contribution < 1.29 is 4.79 Å². The van der Waals surface area contributed by atoms with Crippen molar-refractivity contribution in [2.24, 2.45) is 5.92 Å². The Morgan fingerprint density at radius 3 is 3.00 bits per heavy atom. The number of rotatable bonds is 6. The number of amides is 1. The van der Waals surface area contributed by atoms with Crippen LogP contribution in [-0.2, 0) is 4.79 Å². The van der Waals surface area contributed by atoms with Crippen LogP contribution >= 0.6 is 0 Å². The van der Waals surface area contributed by atoms with Crippen LogP contribution in [0, 0.1) is 18.3 Å². The number of terminal acetylenes is 1. The second-order valence-electron chi connectivity index (χ2n) is 4.60. The lowest BCUT2D eigenvalue weighted by atomic mass is 10.1. The molecule has 0 saturated carbocycles. The minimum absolute atomic E-state index is 0.0201. The van der Waals surface area contributed by atoms with Gasteiger partial charge in [-0.15, -0.1) is 6.42 Å². The van der Waals surface area contributed by atoms with Gasteiger partial charge in [0.2, 0.25) is 5.91 Å². The molecule has 0 spiro atoms. The van der Waals surface area contributed by atoms with Gasteiger partial charge in [-0.3, -0.25) is 4.79 Å². The van der Waals surface area contributed by atoms with Crippen LogP contribution in [0.25, 0.3) is 0 Å². The van der Waals surface area contributed by atoms with Crippen LogP contribution < -0.4 is 10.6 Å². The lowest BCUT2D eigenvalue weighted by molar-refractivity contribution is -0.122. The van der Waals surface area contributed by atoms with Gasteiger partial charge in [0, 0.05) is 6.54 Å². The van der Waals surface area contributed by atoms with Gasteiger partial charge in [0.25, 0.3) is 0 Å². The third kappa shape index (κ3) is 4.76. The predicted octanol–water partition coefficient (Wildman–Crippen LogP) is 0.0557. The van der Waals surface area contributed by atoms with E-state index in [4.69, 9.17) is 6.42 Å². The Morgan fingerprint density at radius 1 is 1.65 bits per heavy atom. The lowest BCUT2D eigenvalue weighted by Gasteiger charge is -2.17. The Balaban J connectivity index is 2.18. The minimum Gasteiger partial charge on any atom is -0.344 e. The van der Waals surface area contributed by atoms with E-state index in [0.29, 0.717) is 12.5 Å². The molecule has 17 heavy (non-hydrogen) atoms. The second kappa shape index (κ2) is 7.31. The normalized spacial score (nSPS) is 22.1. The maximum absolute atomic E-state index is 11.5. The van der Waals surface area contributed by atoms with Crippen LogP contribution in [0.2, 0.25) is 0 Å². The van der Waals surface area contributed by atoms with Gasteiger partial charge in [-0.1, -0.05) is 12.8 Å². The fraction of sp³-hybridized carbons (Fsp3) is 0.769. The van der Waals surface area contributed by atoms with Crippen molar-refractivity contribution in [1.82, 2.24) is 15.5 Å². The molecule has 1 saturated heterocycles. The third-order valence-electron chi connectivity index (χ3n) is 3.29. The van der Waals surface area contributed by atoms with E-state index < -0.39 is 0 Å². The zero-order chi connectivity index (χ0) is 12.7. The maximum atomic E-state index is 11.5. The molecule has 0 radical (unpaired) electrons. The average Bonchev–Trinajstić information content (AvgIpc) is 2.80. The number of nitrogens with zero attached hydrogens (tertiary/aromatic N) is 1. The Hall–Kier alpha value is -1.05. The molecule has 2 unspecified atom stereocenters. The molecule has 4 heteroatoms. The van der Waals surface area contributed by atoms with Crippen LogP contribution in [0.5, 0.6) is 0 Å². The van der Waals surface area contributed by atoms with Crippen LogP contribution in [-0.4, -0.2) is 49.6 Å². The molecule has 1 aliphatic rings. The van der Waals surface area contributed by atoms with Gasteiger partial charge in [-0.2, -0.15) is 0 Å². The number of likely N-dealkylation sites (tertiary alicyclic amines) is 1. The molecule has 4 nitrogen and oxygen atoms in total. The molecule has 1 amide bonds. The summed E-state index contributed by atoms with van der Waals surface area (Å²) >= 11 is 0. The fourth-order valence-electron chi connectivity index (χ4n) is 2.09. The van der Waals surface area contributed by atoms with Crippen molar-refractivity contribution in [2.75, 3.05) is 32.7 Å². The molecular weight excluding hydrogens is 214 g/mol. The number of hydrogen-bond acceptors (Lipinski definition) is 3. The fourth-order valence-corrected chi connectivity index (χ4v) is 2.09. The maximum Gasteiger partial charge on any atom is 0.237 e. The van der Waals surface area contributed by atoms with Crippen molar-refractivity contribution >= 4 is 5.91 Å². The summed E-state index contributed by atoms with van der Waals surface area (Å²) in [5.41, 5.74) is 0. The molecule has 1 fully saturated rings. The topological polar surface area (TPSA) is 44.4 Å². The molecule has 1 aliphatic heterocycles. The number of hydrogen-bond donors (Lipinski definition) is 2. The van der Waals surface area contributed by atoms with E-state index in [1.165, 1.54) is 13.0 Å².